The van der Waals surface area contributed by atoms with Gasteiger partial charge in [0.2, 0.25) is 0 Å². The van der Waals surface area contributed by atoms with E-state index < -0.39 is 17.7 Å². The van der Waals surface area contributed by atoms with Gasteiger partial charge in [-0.15, -0.1) is 0 Å². The smallest absolute Gasteiger partial charge is 0.417 e. The van der Waals surface area contributed by atoms with Crippen LogP contribution in [0, 0.1) is 0 Å². The van der Waals surface area contributed by atoms with E-state index in [4.69, 9.17) is 9.84 Å². The maximum Gasteiger partial charge on any atom is 0.417 e. The monoisotopic (exact) mass is 415 g/mol. The molecule has 1 aromatic heterocycles. The molecule has 0 saturated heterocycles. The maximum atomic E-state index is 12.5. The van der Waals surface area contributed by atoms with Crippen molar-refractivity contribution in [2.75, 3.05) is 5.43 Å². The number of halogens is 3. The first-order valence-corrected chi connectivity index (χ1v) is 8.69. The molecule has 3 rings (SSSR count). The van der Waals surface area contributed by atoms with Crippen LogP contribution in [0.3, 0.4) is 0 Å². The molecule has 2 aromatic carbocycles. The largest absolute Gasteiger partial charge is 0.489 e. The molecule has 0 atom stereocenters. The summed E-state index contributed by atoms with van der Waals surface area (Å²) in [6.45, 7) is 0.218. The number of hydrazone groups is 1. The number of aromatic carboxylic acids is 1. The van der Waals surface area contributed by atoms with Crippen molar-refractivity contribution >= 4 is 18.0 Å². The Morgan fingerprint density at radius 3 is 2.53 bits per heavy atom. The van der Waals surface area contributed by atoms with Gasteiger partial charge in [0.15, 0.2) is 0 Å². The number of carboxylic acid groups (broad SMARTS) is 1. The lowest BCUT2D eigenvalue weighted by molar-refractivity contribution is -0.137. The number of hydrogen-bond donors (Lipinski definition) is 2. The second-order valence-corrected chi connectivity index (χ2v) is 6.16. The van der Waals surface area contributed by atoms with Crippen molar-refractivity contribution in [1.29, 1.82) is 0 Å². The van der Waals surface area contributed by atoms with Crippen molar-refractivity contribution in [2.24, 2.45) is 5.10 Å². The Bertz CT molecular complexity index is 1030. The number of benzene rings is 2. The zero-order chi connectivity index (χ0) is 21.6. The molecule has 0 spiro atoms. The van der Waals surface area contributed by atoms with Crippen LogP contribution in [-0.4, -0.2) is 22.3 Å². The highest BCUT2D eigenvalue weighted by Crippen LogP contribution is 2.28. The third kappa shape index (κ3) is 5.81. The van der Waals surface area contributed by atoms with E-state index >= 15 is 0 Å². The average Bonchev–Trinajstić information content (AvgIpc) is 2.73. The quantitative estimate of drug-likeness (QED) is 0.427. The lowest BCUT2D eigenvalue weighted by Gasteiger charge is -2.07. The number of carboxylic acids is 1. The number of carbonyl (C=O) groups is 1. The number of anilines is 1. The lowest BCUT2D eigenvalue weighted by Crippen LogP contribution is -2.05. The van der Waals surface area contributed by atoms with Crippen LogP contribution in [-0.2, 0) is 12.8 Å². The Morgan fingerprint density at radius 2 is 1.90 bits per heavy atom. The van der Waals surface area contributed by atoms with E-state index in [2.05, 4.69) is 15.5 Å². The summed E-state index contributed by atoms with van der Waals surface area (Å²) in [7, 11) is 0. The molecule has 0 saturated carbocycles. The summed E-state index contributed by atoms with van der Waals surface area (Å²) in [5.41, 5.74) is 3.38. The first kappa shape index (κ1) is 20.8. The van der Waals surface area contributed by atoms with E-state index in [0.717, 1.165) is 23.4 Å². The molecule has 9 heteroatoms. The van der Waals surface area contributed by atoms with Crippen LogP contribution in [0.2, 0.25) is 0 Å². The maximum absolute atomic E-state index is 12.5. The van der Waals surface area contributed by atoms with Crippen molar-refractivity contribution in [3.8, 4) is 5.75 Å². The van der Waals surface area contributed by atoms with Gasteiger partial charge in [0, 0.05) is 6.20 Å². The normalized spacial score (nSPS) is 11.4. The molecule has 2 N–H and O–H groups in total. The van der Waals surface area contributed by atoms with Gasteiger partial charge in [-0.3, -0.25) is 5.43 Å². The van der Waals surface area contributed by atoms with Gasteiger partial charge in [-0.05, 0) is 59.7 Å². The van der Waals surface area contributed by atoms with Crippen molar-refractivity contribution in [1.82, 2.24) is 4.98 Å². The summed E-state index contributed by atoms with van der Waals surface area (Å²) >= 11 is 0. The number of hydrogen-bond acceptors (Lipinski definition) is 5. The first-order chi connectivity index (χ1) is 14.3. The number of aromatic nitrogens is 1. The van der Waals surface area contributed by atoms with Crippen LogP contribution in [0.25, 0.3) is 0 Å². The fourth-order valence-electron chi connectivity index (χ4n) is 2.41. The number of rotatable bonds is 7. The average molecular weight is 415 g/mol. The molecule has 0 unspecified atom stereocenters. The van der Waals surface area contributed by atoms with Crippen LogP contribution < -0.4 is 10.2 Å². The third-order valence-corrected chi connectivity index (χ3v) is 3.94. The standard InChI is InChI=1S/C21H16F3N3O3/c22-21(23,24)17-6-9-19(25-12-17)27-26-11-14-4-7-18(8-5-14)30-13-15-2-1-3-16(10-15)20(28)29/h1-12H,13H2,(H,25,27)(H,28,29)/b26-11-. The van der Waals surface area contributed by atoms with Gasteiger partial charge in [-0.25, -0.2) is 9.78 Å². The topological polar surface area (TPSA) is 83.8 Å². The molecule has 3 aromatic rings. The number of nitrogens with one attached hydrogen (secondary N) is 1. The van der Waals surface area contributed by atoms with Crippen LogP contribution in [0.15, 0.2) is 72.0 Å². The lowest BCUT2D eigenvalue weighted by atomic mass is 10.1. The molecule has 0 bridgehead atoms. The summed E-state index contributed by atoms with van der Waals surface area (Å²) in [4.78, 5) is 14.6. The number of ether oxygens (including phenoxy) is 1. The van der Waals surface area contributed by atoms with Gasteiger partial charge in [0.25, 0.3) is 0 Å². The Balaban J connectivity index is 1.53. The van der Waals surface area contributed by atoms with Crippen molar-refractivity contribution in [2.45, 2.75) is 12.8 Å². The van der Waals surface area contributed by atoms with E-state index in [-0.39, 0.29) is 18.0 Å². The minimum absolute atomic E-state index is 0.183. The first-order valence-electron chi connectivity index (χ1n) is 8.69. The van der Waals surface area contributed by atoms with Gasteiger partial charge in [-0.2, -0.15) is 18.3 Å². The van der Waals surface area contributed by atoms with E-state index in [0.29, 0.717) is 5.75 Å². The third-order valence-electron chi connectivity index (χ3n) is 3.94. The highest BCUT2D eigenvalue weighted by atomic mass is 19.4. The predicted octanol–water partition coefficient (Wildman–Crippen LogP) is 4.82. The molecule has 154 valence electrons. The molecule has 0 amide bonds. The molecule has 6 nitrogen and oxygen atoms in total. The van der Waals surface area contributed by atoms with Crippen molar-refractivity contribution in [3.63, 3.8) is 0 Å². The van der Waals surface area contributed by atoms with Crippen LogP contribution in [0.4, 0.5) is 19.0 Å². The molecule has 0 radical (unpaired) electrons. The number of pyridine rings is 1. The van der Waals surface area contributed by atoms with E-state index in [9.17, 15) is 18.0 Å². The molecule has 1 heterocycles. The molecular formula is C21H16F3N3O3. The molecular weight excluding hydrogens is 399 g/mol. The van der Waals surface area contributed by atoms with Gasteiger partial charge in [-0.1, -0.05) is 12.1 Å². The zero-order valence-electron chi connectivity index (χ0n) is 15.4. The Labute approximate surface area is 169 Å². The molecule has 30 heavy (non-hydrogen) atoms. The summed E-state index contributed by atoms with van der Waals surface area (Å²) in [6, 6.07) is 15.5. The Hall–Kier alpha value is -3.88. The predicted molar refractivity (Wildman–Crippen MR) is 105 cm³/mol. The van der Waals surface area contributed by atoms with Crippen LogP contribution in [0.5, 0.6) is 5.75 Å². The summed E-state index contributed by atoms with van der Waals surface area (Å²) in [5, 5.41) is 12.9. The zero-order valence-corrected chi connectivity index (χ0v) is 15.4. The van der Waals surface area contributed by atoms with Gasteiger partial charge < -0.3 is 9.84 Å². The fraction of sp³-hybridized carbons (Fsp3) is 0.0952. The molecule has 0 aliphatic carbocycles. The highest BCUT2D eigenvalue weighted by molar-refractivity contribution is 5.87. The van der Waals surface area contributed by atoms with E-state index in [1.54, 1.807) is 42.5 Å². The minimum atomic E-state index is -4.43. The van der Waals surface area contributed by atoms with Gasteiger partial charge in [0.1, 0.15) is 18.2 Å². The molecule has 0 fully saturated rings. The summed E-state index contributed by atoms with van der Waals surface area (Å²) in [6.07, 6.45) is -2.22. The van der Waals surface area contributed by atoms with Crippen LogP contribution >= 0.6 is 0 Å². The minimum Gasteiger partial charge on any atom is -0.489 e. The van der Waals surface area contributed by atoms with E-state index in [1.807, 2.05) is 0 Å². The number of alkyl halides is 3. The summed E-state index contributed by atoms with van der Waals surface area (Å²) < 4.78 is 43.1. The van der Waals surface area contributed by atoms with Gasteiger partial charge in [0.05, 0.1) is 17.3 Å². The van der Waals surface area contributed by atoms with Crippen molar-refractivity contribution < 1.29 is 27.8 Å². The fourth-order valence-corrected chi connectivity index (χ4v) is 2.41. The second-order valence-electron chi connectivity index (χ2n) is 6.16. The second kappa shape index (κ2) is 9.08. The van der Waals surface area contributed by atoms with Gasteiger partial charge >= 0.3 is 12.1 Å². The van der Waals surface area contributed by atoms with Crippen LogP contribution in [0.1, 0.15) is 27.0 Å². The SMILES string of the molecule is O=C(O)c1cccc(COc2ccc(/C=N\Nc3ccc(C(F)(F)F)cn3)cc2)c1. The Morgan fingerprint density at radius 1 is 1.13 bits per heavy atom. The van der Waals surface area contributed by atoms with E-state index in [1.165, 1.54) is 18.3 Å². The molecule has 0 aliphatic rings. The van der Waals surface area contributed by atoms with Crippen molar-refractivity contribution in [3.05, 3.63) is 89.1 Å². The highest BCUT2D eigenvalue weighted by Gasteiger charge is 2.30. The molecule has 0 aliphatic heterocycles. The summed E-state index contributed by atoms with van der Waals surface area (Å²) in [5.74, 6) is -0.228. The Kier molecular flexibility index (Phi) is 6.31. The number of nitrogens with zero attached hydrogens (tertiary/aromatic N) is 2.